The lowest BCUT2D eigenvalue weighted by atomic mass is 9.96. The second-order valence-electron chi connectivity index (χ2n) is 9.05. The van der Waals surface area contributed by atoms with Gasteiger partial charge in [-0.3, -0.25) is 0 Å². The molecule has 0 aromatic carbocycles. The Hall–Kier alpha value is -0.593. The molecule has 2 unspecified atom stereocenters. The molecule has 136 valence electrons. The molecule has 0 amide bonds. The molecule has 2 fully saturated rings. The summed E-state index contributed by atoms with van der Waals surface area (Å²) < 4.78 is 6.22. The van der Waals surface area contributed by atoms with Crippen LogP contribution in [0.4, 0.5) is 5.13 Å². The molecule has 0 spiro atoms. The standard InChI is InChI=1S/C18H32N2O2SSi/c1-18(2,3)24(4,5)22-9-8-15-16(21)20-17(23-15)19-14-11-12-6-7-13(14)10-12/h12-14,21H,6-11H2,1-5H3,(H,19,20)/t12?,13?,14-/m0/s1. The number of hydrogen-bond donors (Lipinski definition) is 2. The smallest absolute Gasteiger partial charge is 0.227 e. The molecule has 2 aliphatic rings. The highest BCUT2D eigenvalue weighted by Crippen LogP contribution is 2.46. The lowest BCUT2D eigenvalue weighted by molar-refractivity contribution is 0.291. The van der Waals surface area contributed by atoms with Crippen LogP contribution in [0, 0.1) is 11.8 Å². The third-order valence-electron chi connectivity index (χ3n) is 6.32. The predicted octanol–water partition coefficient (Wildman–Crippen LogP) is 5.01. The van der Waals surface area contributed by atoms with Crippen molar-refractivity contribution in [3.63, 3.8) is 0 Å². The largest absolute Gasteiger partial charge is 0.492 e. The summed E-state index contributed by atoms with van der Waals surface area (Å²) in [6, 6.07) is 0.561. The zero-order valence-corrected chi connectivity index (χ0v) is 17.5. The van der Waals surface area contributed by atoms with E-state index in [0.717, 1.165) is 28.3 Å². The summed E-state index contributed by atoms with van der Waals surface area (Å²) in [7, 11) is -1.72. The fraction of sp³-hybridized carbons (Fsp3) is 0.833. The van der Waals surface area contributed by atoms with Gasteiger partial charge in [0, 0.05) is 19.1 Å². The van der Waals surface area contributed by atoms with Gasteiger partial charge in [0.25, 0.3) is 0 Å². The third-order valence-corrected chi connectivity index (χ3v) is 11.9. The van der Waals surface area contributed by atoms with Crippen LogP contribution in [0.2, 0.25) is 18.1 Å². The Morgan fingerprint density at radius 2 is 2.04 bits per heavy atom. The minimum Gasteiger partial charge on any atom is -0.492 e. The first-order chi connectivity index (χ1) is 11.2. The maximum Gasteiger partial charge on any atom is 0.227 e. The summed E-state index contributed by atoms with van der Waals surface area (Å²) in [4.78, 5) is 5.28. The van der Waals surface area contributed by atoms with Gasteiger partial charge in [-0.05, 0) is 49.2 Å². The van der Waals surface area contributed by atoms with Crippen LogP contribution < -0.4 is 5.32 Å². The molecule has 2 N–H and O–H groups in total. The molecule has 0 radical (unpaired) electrons. The van der Waals surface area contributed by atoms with Crippen LogP contribution in [0.5, 0.6) is 5.88 Å². The molecule has 4 nitrogen and oxygen atoms in total. The third kappa shape index (κ3) is 3.80. The minimum absolute atomic E-state index is 0.185. The van der Waals surface area contributed by atoms with E-state index >= 15 is 0 Å². The quantitative estimate of drug-likeness (QED) is 0.693. The first-order valence-electron chi connectivity index (χ1n) is 9.25. The monoisotopic (exact) mass is 368 g/mol. The Balaban J connectivity index is 1.53. The van der Waals surface area contributed by atoms with Gasteiger partial charge in [0.1, 0.15) is 0 Å². The van der Waals surface area contributed by atoms with Gasteiger partial charge in [0.2, 0.25) is 5.88 Å². The van der Waals surface area contributed by atoms with E-state index in [0.29, 0.717) is 12.6 Å². The molecule has 3 atom stereocenters. The van der Waals surface area contributed by atoms with Crippen molar-refractivity contribution in [2.75, 3.05) is 11.9 Å². The number of hydrogen-bond acceptors (Lipinski definition) is 5. The summed E-state index contributed by atoms with van der Waals surface area (Å²) in [5.41, 5.74) is 0. The summed E-state index contributed by atoms with van der Waals surface area (Å²) in [5.74, 6) is 1.91. The van der Waals surface area contributed by atoms with Crippen molar-refractivity contribution < 1.29 is 9.53 Å². The number of anilines is 1. The predicted molar refractivity (Wildman–Crippen MR) is 103 cm³/mol. The number of rotatable bonds is 6. The van der Waals surface area contributed by atoms with Crippen LogP contribution in [0.1, 0.15) is 51.3 Å². The van der Waals surface area contributed by atoms with E-state index in [1.807, 2.05) is 0 Å². The van der Waals surface area contributed by atoms with Crippen molar-refractivity contribution in [3.8, 4) is 5.88 Å². The second kappa shape index (κ2) is 6.61. The number of thiazole rings is 1. The Kier molecular flexibility index (Phi) is 5.02. The fourth-order valence-electron chi connectivity index (χ4n) is 3.76. The molecule has 0 aliphatic heterocycles. The molecule has 1 aromatic rings. The first-order valence-corrected chi connectivity index (χ1v) is 13.0. The number of aromatic nitrogens is 1. The van der Waals surface area contributed by atoms with E-state index in [1.54, 1.807) is 11.3 Å². The van der Waals surface area contributed by atoms with Gasteiger partial charge in [-0.2, -0.15) is 4.98 Å². The van der Waals surface area contributed by atoms with Gasteiger partial charge >= 0.3 is 0 Å². The van der Waals surface area contributed by atoms with E-state index < -0.39 is 8.32 Å². The summed E-state index contributed by atoms with van der Waals surface area (Å²) in [5, 5.41) is 14.8. The summed E-state index contributed by atoms with van der Waals surface area (Å²) in [6.45, 7) is 11.9. The molecule has 2 aliphatic carbocycles. The Morgan fingerprint density at radius 1 is 1.29 bits per heavy atom. The van der Waals surface area contributed by atoms with E-state index in [-0.39, 0.29) is 10.9 Å². The average Bonchev–Trinajstić information content (AvgIpc) is 3.14. The lowest BCUT2D eigenvalue weighted by Crippen LogP contribution is -2.41. The summed E-state index contributed by atoms with van der Waals surface area (Å²) in [6.07, 6.45) is 6.15. The highest BCUT2D eigenvalue weighted by atomic mass is 32.1. The van der Waals surface area contributed by atoms with Crippen molar-refractivity contribution in [1.82, 2.24) is 4.98 Å². The number of aromatic hydroxyl groups is 1. The normalized spacial score (nSPS) is 27.0. The first kappa shape index (κ1) is 18.2. The molecule has 6 heteroatoms. The maximum atomic E-state index is 10.1. The average molecular weight is 369 g/mol. The fourth-order valence-corrected chi connectivity index (χ4v) is 5.71. The van der Waals surface area contributed by atoms with E-state index in [2.05, 4.69) is 44.2 Å². The zero-order chi connectivity index (χ0) is 17.5. The Morgan fingerprint density at radius 3 is 2.62 bits per heavy atom. The van der Waals surface area contributed by atoms with Crippen molar-refractivity contribution in [3.05, 3.63) is 4.88 Å². The van der Waals surface area contributed by atoms with Crippen molar-refractivity contribution in [2.24, 2.45) is 11.8 Å². The number of nitrogens with one attached hydrogen (secondary N) is 1. The molecular weight excluding hydrogens is 336 g/mol. The van der Waals surface area contributed by atoms with Crippen LogP contribution >= 0.6 is 11.3 Å². The molecule has 1 aromatic heterocycles. The molecule has 1 heterocycles. The second-order valence-corrected chi connectivity index (χ2v) is 14.9. The molecular formula is C18H32N2O2SSi. The highest BCUT2D eigenvalue weighted by Gasteiger charge is 2.40. The van der Waals surface area contributed by atoms with E-state index in [4.69, 9.17) is 4.43 Å². The van der Waals surface area contributed by atoms with Crippen LogP contribution in [0.3, 0.4) is 0 Å². The van der Waals surface area contributed by atoms with Crippen LogP contribution in [0.25, 0.3) is 0 Å². The van der Waals surface area contributed by atoms with E-state index in [9.17, 15) is 5.11 Å². The minimum atomic E-state index is -1.72. The van der Waals surface area contributed by atoms with Gasteiger partial charge in [-0.25, -0.2) is 0 Å². The molecule has 2 saturated carbocycles. The van der Waals surface area contributed by atoms with Crippen LogP contribution in [-0.4, -0.2) is 31.1 Å². The van der Waals surface area contributed by atoms with Crippen molar-refractivity contribution >= 4 is 24.8 Å². The number of nitrogens with zero attached hydrogens (tertiary/aromatic N) is 1. The van der Waals surface area contributed by atoms with Crippen molar-refractivity contribution in [2.45, 2.75) is 77.0 Å². The van der Waals surface area contributed by atoms with E-state index in [1.165, 1.54) is 25.7 Å². The molecule has 2 bridgehead atoms. The van der Waals surface area contributed by atoms with Gasteiger partial charge in [0.05, 0.1) is 4.88 Å². The van der Waals surface area contributed by atoms with Gasteiger partial charge < -0.3 is 14.8 Å². The molecule has 3 rings (SSSR count). The van der Waals surface area contributed by atoms with Crippen LogP contribution in [-0.2, 0) is 10.8 Å². The summed E-state index contributed by atoms with van der Waals surface area (Å²) >= 11 is 1.59. The van der Waals surface area contributed by atoms with Gasteiger partial charge in [0.15, 0.2) is 13.4 Å². The number of fused-ring (bicyclic) bond motifs is 2. The van der Waals surface area contributed by atoms with Crippen molar-refractivity contribution in [1.29, 1.82) is 0 Å². The molecule has 24 heavy (non-hydrogen) atoms. The van der Waals surface area contributed by atoms with Gasteiger partial charge in [-0.15, -0.1) is 0 Å². The Labute approximate surface area is 151 Å². The lowest BCUT2D eigenvalue weighted by Gasteiger charge is -2.36. The maximum absolute atomic E-state index is 10.1. The topological polar surface area (TPSA) is 54.4 Å². The molecule has 0 saturated heterocycles. The highest BCUT2D eigenvalue weighted by molar-refractivity contribution is 7.15. The van der Waals surface area contributed by atoms with Gasteiger partial charge in [-0.1, -0.05) is 38.5 Å². The SMILES string of the molecule is CC(C)(C)[Si](C)(C)OCCc1sc(N[C@H]2CC3CCC2C3)nc1O. The Bertz CT molecular complexity index is 582. The van der Waals surface area contributed by atoms with Crippen LogP contribution in [0.15, 0.2) is 0 Å². The zero-order valence-electron chi connectivity index (χ0n) is 15.7.